The molecule has 0 saturated carbocycles. The maximum atomic E-state index is 12.1. The molecule has 8 nitrogen and oxygen atoms in total. The predicted octanol–water partition coefficient (Wildman–Crippen LogP) is 1.78. The average Bonchev–Trinajstić information content (AvgIpc) is 2.83. The lowest BCUT2D eigenvalue weighted by molar-refractivity contribution is -0.391. The van der Waals surface area contributed by atoms with Crippen LogP contribution in [0.1, 0.15) is 10.5 Å². The number of amides is 1. The molecule has 8 heteroatoms. The van der Waals surface area contributed by atoms with Crippen molar-refractivity contribution in [1.29, 1.82) is 0 Å². The summed E-state index contributed by atoms with van der Waals surface area (Å²) >= 11 is 0. The Morgan fingerprint density at radius 3 is 2.67 bits per heavy atom. The third kappa shape index (κ3) is 2.78. The largest absolute Gasteiger partial charge is 0.495 e. The molecule has 0 atom stereocenters. The van der Waals surface area contributed by atoms with Crippen molar-refractivity contribution in [3.05, 3.63) is 46.1 Å². The lowest BCUT2D eigenvalue weighted by Gasteiger charge is -2.08. The van der Waals surface area contributed by atoms with Gasteiger partial charge in [0.1, 0.15) is 5.75 Å². The van der Waals surface area contributed by atoms with Gasteiger partial charge >= 0.3 is 5.82 Å². The number of benzene rings is 1. The van der Waals surface area contributed by atoms with E-state index in [-0.39, 0.29) is 11.5 Å². The molecule has 2 aromatic rings. The van der Waals surface area contributed by atoms with Crippen LogP contribution < -0.4 is 15.8 Å². The summed E-state index contributed by atoms with van der Waals surface area (Å²) in [6.07, 6.45) is 0. The number of aromatic nitrogens is 1. The van der Waals surface area contributed by atoms with Gasteiger partial charge in [-0.05, 0) is 23.1 Å². The van der Waals surface area contributed by atoms with E-state index in [9.17, 15) is 14.9 Å². The van der Waals surface area contributed by atoms with Crippen molar-refractivity contribution in [3.63, 3.8) is 0 Å². The quantitative estimate of drug-likeness (QED) is 0.506. The smallest absolute Gasteiger partial charge is 0.323 e. The Bertz CT molecular complexity index is 708. The molecule has 1 aromatic heterocycles. The van der Waals surface area contributed by atoms with Gasteiger partial charge in [-0.1, -0.05) is 0 Å². The molecule has 2 rings (SSSR count). The van der Waals surface area contributed by atoms with E-state index < -0.39 is 10.8 Å². The van der Waals surface area contributed by atoms with Crippen molar-refractivity contribution < 1.29 is 14.5 Å². The Hall–Kier alpha value is -3.03. The van der Waals surface area contributed by atoms with Gasteiger partial charge in [-0.2, -0.15) is 0 Å². The number of nitrogens with two attached hydrogens (primary N) is 1. The topological polar surface area (TPSA) is 112 Å². The molecule has 0 bridgehead atoms. The highest BCUT2D eigenvalue weighted by Gasteiger charge is 2.20. The molecule has 0 unspecified atom stereocenters. The standard InChI is InChI=1S/C13H14N4O4/c1-16-10(5-6-12(16)17(19)20)13(18)15-8-3-4-9(14)11(7-8)21-2/h3-7H,14H2,1-2H3,(H,15,18). The van der Waals surface area contributed by atoms with Crippen molar-refractivity contribution in [2.24, 2.45) is 7.05 Å². The summed E-state index contributed by atoms with van der Waals surface area (Å²) in [4.78, 5) is 22.3. The van der Waals surface area contributed by atoms with E-state index in [0.717, 1.165) is 0 Å². The lowest BCUT2D eigenvalue weighted by atomic mass is 10.2. The van der Waals surface area contributed by atoms with Crippen LogP contribution in [0.15, 0.2) is 30.3 Å². The lowest BCUT2D eigenvalue weighted by Crippen LogP contribution is -2.16. The predicted molar refractivity (Wildman–Crippen MR) is 77.4 cm³/mol. The molecule has 0 aliphatic rings. The summed E-state index contributed by atoms with van der Waals surface area (Å²) in [6.45, 7) is 0. The highest BCUT2D eigenvalue weighted by molar-refractivity contribution is 6.03. The molecule has 21 heavy (non-hydrogen) atoms. The molecule has 1 aromatic carbocycles. The molecule has 0 fully saturated rings. The maximum Gasteiger partial charge on any atom is 0.323 e. The fourth-order valence-corrected chi connectivity index (χ4v) is 1.90. The number of nitrogens with zero attached hydrogens (tertiary/aromatic N) is 2. The van der Waals surface area contributed by atoms with E-state index in [1.807, 2.05) is 0 Å². The van der Waals surface area contributed by atoms with E-state index in [1.54, 1.807) is 18.2 Å². The van der Waals surface area contributed by atoms with E-state index in [4.69, 9.17) is 10.5 Å². The SMILES string of the molecule is COc1cc(NC(=O)c2ccc([N+](=O)[O-])n2C)ccc1N. The molecular formula is C13H14N4O4. The Morgan fingerprint density at radius 2 is 2.10 bits per heavy atom. The third-order valence-electron chi connectivity index (χ3n) is 3.01. The number of carbonyl (C=O) groups excluding carboxylic acids is 1. The minimum absolute atomic E-state index is 0.157. The van der Waals surface area contributed by atoms with Gasteiger partial charge in [-0.3, -0.25) is 4.79 Å². The number of methoxy groups -OCH3 is 1. The molecule has 0 spiro atoms. The second-order valence-corrected chi connectivity index (χ2v) is 4.30. The van der Waals surface area contributed by atoms with Crippen LogP contribution in [0.2, 0.25) is 0 Å². The van der Waals surface area contributed by atoms with Gasteiger partial charge in [0, 0.05) is 17.8 Å². The van der Waals surface area contributed by atoms with Gasteiger partial charge in [0.25, 0.3) is 5.91 Å². The van der Waals surface area contributed by atoms with Gasteiger partial charge in [0.05, 0.1) is 19.8 Å². The third-order valence-corrected chi connectivity index (χ3v) is 3.01. The normalized spacial score (nSPS) is 10.2. The van der Waals surface area contributed by atoms with Gasteiger partial charge in [-0.15, -0.1) is 0 Å². The number of anilines is 2. The molecule has 0 aliphatic heterocycles. The monoisotopic (exact) mass is 290 g/mol. The van der Waals surface area contributed by atoms with Crippen LogP contribution in [0.25, 0.3) is 0 Å². The van der Waals surface area contributed by atoms with Gasteiger partial charge < -0.3 is 25.9 Å². The number of rotatable bonds is 4. The van der Waals surface area contributed by atoms with E-state index >= 15 is 0 Å². The van der Waals surface area contributed by atoms with Crippen LogP contribution in [-0.4, -0.2) is 22.5 Å². The number of nitro groups is 1. The summed E-state index contributed by atoms with van der Waals surface area (Å²) in [6, 6.07) is 7.46. The van der Waals surface area contributed by atoms with Crippen molar-refractivity contribution in [1.82, 2.24) is 4.57 Å². The van der Waals surface area contributed by atoms with E-state index in [0.29, 0.717) is 17.1 Å². The number of nitrogens with one attached hydrogen (secondary N) is 1. The molecule has 1 heterocycles. The van der Waals surface area contributed by atoms with Gasteiger partial charge in [0.2, 0.25) is 0 Å². The Balaban J connectivity index is 2.24. The molecule has 110 valence electrons. The van der Waals surface area contributed by atoms with Crippen LogP contribution >= 0.6 is 0 Å². The van der Waals surface area contributed by atoms with E-state index in [1.165, 1.54) is 30.9 Å². The first-order valence-electron chi connectivity index (χ1n) is 5.99. The first-order valence-corrected chi connectivity index (χ1v) is 5.99. The molecule has 0 radical (unpaired) electrons. The maximum absolute atomic E-state index is 12.1. The minimum Gasteiger partial charge on any atom is -0.495 e. The number of ether oxygens (including phenoxy) is 1. The molecule has 1 amide bonds. The van der Waals surface area contributed by atoms with Crippen molar-refractivity contribution in [2.75, 3.05) is 18.2 Å². The molecular weight excluding hydrogens is 276 g/mol. The first kappa shape index (κ1) is 14.4. The summed E-state index contributed by atoms with van der Waals surface area (Å²) in [5.41, 5.74) is 6.79. The van der Waals surface area contributed by atoms with Crippen LogP contribution in [0, 0.1) is 10.1 Å². The zero-order chi connectivity index (χ0) is 15.6. The minimum atomic E-state index is -0.553. The average molecular weight is 290 g/mol. The Labute approximate surface area is 120 Å². The first-order chi connectivity index (χ1) is 9.93. The summed E-state index contributed by atoms with van der Waals surface area (Å²) in [5, 5.41) is 13.4. The fraction of sp³-hybridized carbons (Fsp3) is 0.154. The van der Waals surface area contributed by atoms with Crippen LogP contribution in [0.5, 0.6) is 5.75 Å². The molecule has 0 saturated heterocycles. The van der Waals surface area contributed by atoms with Crippen LogP contribution in [-0.2, 0) is 7.05 Å². The Morgan fingerprint density at radius 1 is 1.38 bits per heavy atom. The highest BCUT2D eigenvalue weighted by Crippen LogP contribution is 2.25. The van der Waals surface area contributed by atoms with Crippen LogP contribution in [0.3, 0.4) is 0 Å². The van der Waals surface area contributed by atoms with Crippen LogP contribution in [0.4, 0.5) is 17.2 Å². The zero-order valence-electron chi connectivity index (χ0n) is 11.5. The van der Waals surface area contributed by atoms with Crippen molar-refractivity contribution in [3.8, 4) is 5.75 Å². The second kappa shape index (κ2) is 5.53. The second-order valence-electron chi connectivity index (χ2n) is 4.30. The van der Waals surface area contributed by atoms with Gasteiger partial charge in [-0.25, -0.2) is 4.57 Å². The van der Waals surface area contributed by atoms with E-state index in [2.05, 4.69) is 5.32 Å². The highest BCUT2D eigenvalue weighted by atomic mass is 16.6. The van der Waals surface area contributed by atoms with Crippen molar-refractivity contribution >= 4 is 23.1 Å². The number of hydrogen-bond acceptors (Lipinski definition) is 5. The van der Waals surface area contributed by atoms with Crippen molar-refractivity contribution in [2.45, 2.75) is 0 Å². The van der Waals surface area contributed by atoms with Gasteiger partial charge in [0.15, 0.2) is 5.69 Å². The number of hydrogen-bond donors (Lipinski definition) is 2. The Kier molecular flexibility index (Phi) is 3.79. The summed E-state index contributed by atoms with van der Waals surface area (Å²) in [7, 11) is 2.93. The fourth-order valence-electron chi connectivity index (χ4n) is 1.90. The zero-order valence-corrected chi connectivity index (χ0v) is 11.5. The summed E-state index contributed by atoms with van der Waals surface area (Å²) < 4.78 is 6.27. The summed E-state index contributed by atoms with van der Waals surface area (Å²) in [5.74, 6) is -0.182. The number of nitrogen functional groups attached to an aromatic ring is 1. The molecule has 0 aliphatic carbocycles. The molecule has 3 N–H and O–H groups in total. The number of carbonyl (C=O) groups is 1.